The predicted octanol–water partition coefficient (Wildman–Crippen LogP) is 0.384. The normalized spacial score (nSPS) is 23.4. The van der Waals surface area contributed by atoms with Crippen LogP contribution in [0.5, 0.6) is 0 Å². The number of anilines is 1. The summed E-state index contributed by atoms with van der Waals surface area (Å²) in [7, 11) is 0. The molecule has 0 saturated carbocycles. The highest BCUT2D eigenvalue weighted by atomic mass is 16.2. The number of aromatic nitrogens is 4. The number of fused-ring (bicyclic) bond motifs is 1. The zero-order valence-corrected chi connectivity index (χ0v) is 11.8. The molecule has 0 radical (unpaired) electrons. The largest absolute Gasteiger partial charge is 0.364 e. The fourth-order valence-electron chi connectivity index (χ4n) is 2.73. The molecule has 1 saturated heterocycles. The summed E-state index contributed by atoms with van der Waals surface area (Å²) in [6.07, 6.45) is 2.13. The number of nitrogens with one attached hydrogen (secondary N) is 2. The van der Waals surface area contributed by atoms with Crippen LogP contribution < -0.4 is 15.9 Å². The lowest BCUT2D eigenvalue weighted by Crippen LogP contribution is -2.56. The van der Waals surface area contributed by atoms with E-state index in [4.69, 9.17) is 0 Å². The number of hydrogen-bond donors (Lipinski definition) is 2. The second-order valence-electron chi connectivity index (χ2n) is 5.22. The molecule has 0 amide bonds. The van der Waals surface area contributed by atoms with Gasteiger partial charge < -0.3 is 10.2 Å². The van der Waals surface area contributed by atoms with E-state index < -0.39 is 0 Å². The van der Waals surface area contributed by atoms with Crippen LogP contribution in [0.4, 0.5) is 5.82 Å². The molecule has 3 rings (SSSR count). The van der Waals surface area contributed by atoms with Gasteiger partial charge in [-0.05, 0) is 25.0 Å². The first kappa shape index (κ1) is 13.1. The average Bonchev–Trinajstić information content (AvgIpc) is 2.87. The van der Waals surface area contributed by atoms with Gasteiger partial charge in [0.15, 0.2) is 5.65 Å². The van der Waals surface area contributed by atoms with Crippen LogP contribution in [-0.2, 0) is 0 Å². The van der Waals surface area contributed by atoms with Crippen molar-refractivity contribution in [3.05, 3.63) is 22.6 Å². The van der Waals surface area contributed by atoms with Crippen molar-refractivity contribution < 1.29 is 0 Å². The van der Waals surface area contributed by atoms with Gasteiger partial charge in [0.2, 0.25) is 0 Å². The number of piperazine rings is 1. The smallest absolute Gasteiger partial charge is 0.349 e. The Labute approximate surface area is 117 Å². The third kappa shape index (κ3) is 2.18. The third-order valence-electron chi connectivity index (χ3n) is 4.02. The molecule has 2 atom stereocenters. The van der Waals surface area contributed by atoms with E-state index in [9.17, 15) is 4.79 Å². The van der Waals surface area contributed by atoms with Gasteiger partial charge >= 0.3 is 5.69 Å². The van der Waals surface area contributed by atoms with E-state index in [-0.39, 0.29) is 5.69 Å². The molecule has 0 aliphatic carbocycles. The van der Waals surface area contributed by atoms with E-state index in [1.165, 1.54) is 4.52 Å². The second-order valence-corrected chi connectivity index (χ2v) is 5.22. The molecule has 1 aliphatic heterocycles. The number of hydrogen-bond acceptors (Lipinski definition) is 5. The van der Waals surface area contributed by atoms with Crippen molar-refractivity contribution in [3.63, 3.8) is 0 Å². The summed E-state index contributed by atoms with van der Waals surface area (Å²) in [5.74, 6) is 0.841. The van der Waals surface area contributed by atoms with Crippen molar-refractivity contribution in [2.45, 2.75) is 38.8 Å². The Morgan fingerprint density at radius 1 is 1.35 bits per heavy atom. The average molecular weight is 276 g/mol. The molecule has 0 aromatic carbocycles. The van der Waals surface area contributed by atoms with E-state index in [1.807, 2.05) is 12.1 Å². The van der Waals surface area contributed by atoms with E-state index in [2.05, 4.69) is 39.4 Å². The first-order valence-electron chi connectivity index (χ1n) is 7.17. The Bertz CT molecular complexity index is 648. The molecule has 2 N–H and O–H groups in total. The molecule has 3 heterocycles. The van der Waals surface area contributed by atoms with Gasteiger partial charge in [0.25, 0.3) is 0 Å². The molecule has 2 aromatic heterocycles. The Kier molecular flexibility index (Phi) is 3.43. The Balaban J connectivity index is 1.97. The Hall–Kier alpha value is -1.89. The molecular weight excluding hydrogens is 256 g/mol. The molecule has 0 spiro atoms. The molecule has 2 aromatic rings. The highest BCUT2D eigenvalue weighted by Crippen LogP contribution is 2.19. The summed E-state index contributed by atoms with van der Waals surface area (Å²) < 4.78 is 1.32. The molecule has 20 heavy (non-hydrogen) atoms. The standard InChI is InChI=1S/C13H20N6O/c1-3-9-8-18(10(4-2)7-14-9)12-6-5-11-15-16-13(20)19(11)17-12/h5-6,9-10,14H,3-4,7-8H2,1-2H3,(H,16,20). The summed E-state index contributed by atoms with van der Waals surface area (Å²) in [5.41, 5.74) is 0.256. The SMILES string of the molecule is CCC1CN(c2ccc3n[nH]c(=O)n3n2)C(CC)CN1. The lowest BCUT2D eigenvalue weighted by Gasteiger charge is -2.40. The van der Waals surface area contributed by atoms with Crippen LogP contribution in [0.1, 0.15) is 26.7 Å². The topological polar surface area (TPSA) is 78.3 Å². The van der Waals surface area contributed by atoms with Gasteiger partial charge in [-0.1, -0.05) is 13.8 Å². The van der Waals surface area contributed by atoms with E-state index >= 15 is 0 Å². The molecular formula is C13H20N6O. The molecule has 108 valence electrons. The molecule has 7 heteroatoms. The van der Waals surface area contributed by atoms with Gasteiger partial charge in [-0.3, -0.25) is 0 Å². The lowest BCUT2D eigenvalue weighted by atomic mass is 10.1. The molecule has 0 bridgehead atoms. The third-order valence-corrected chi connectivity index (χ3v) is 4.02. The second kappa shape index (κ2) is 5.24. The first-order valence-corrected chi connectivity index (χ1v) is 7.17. The molecule has 2 unspecified atom stereocenters. The minimum absolute atomic E-state index is 0.294. The maximum Gasteiger partial charge on any atom is 0.364 e. The minimum Gasteiger partial charge on any atom is -0.349 e. The van der Waals surface area contributed by atoms with Crippen LogP contribution in [0, 0.1) is 0 Å². The monoisotopic (exact) mass is 276 g/mol. The van der Waals surface area contributed by atoms with Gasteiger partial charge in [0, 0.05) is 25.2 Å². The zero-order chi connectivity index (χ0) is 14.1. The van der Waals surface area contributed by atoms with E-state index in [1.54, 1.807) is 0 Å². The number of nitrogens with zero attached hydrogens (tertiary/aromatic N) is 4. The van der Waals surface area contributed by atoms with Crippen molar-refractivity contribution in [2.75, 3.05) is 18.0 Å². The first-order chi connectivity index (χ1) is 9.72. The molecule has 1 aliphatic rings. The Morgan fingerprint density at radius 2 is 2.20 bits per heavy atom. The van der Waals surface area contributed by atoms with E-state index in [0.29, 0.717) is 17.7 Å². The highest BCUT2D eigenvalue weighted by molar-refractivity contribution is 5.46. The summed E-state index contributed by atoms with van der Waals surface area (Å²) in [4.78, 5) is 13.9. The zero-order valence-electron chi connectivity index (χ0n) is 11.8. The van der Waals surface area contributed by atoms with Crippen molar-refractivity contribution in [2.24, 2.45) is 0 Å². The van der Waals surface area contributed by atoms with Crippen molar-refractivity contribution in [3.8, 4) is 0 Å². The number of aromatic amines is 1. The molecule has 1 fully saturated rings. The van der Waals surface area contributed by atoms with Crippen LogP contribution in [0.25, 0.3) is 5.65 Å². The fourth-order valence-corrected chi connectivity index (χ4v) is 2.73. The number of rotatable bonds is 3. The van der Waals surface area contributed by atoms with Crippen LogP contribution in [0.3, 0.4) is 0 Å². The fraction of sp³-hybridized carbons (Fsp3) is 0.615. The van der Waals surface area contributed by atoms with Crippen LogP contribution in [-0.4, -0.2) is 45.0 Å². The Morgan fingerprint density at radius 3 is 2.95 bits per heavy atom. The van der Waals surface area contributed by atoms with Crippen molar-refractivity contribution >= 4 is 11.5 Å². The highest BCUT2D eigenvalue weighted by Gasteiger charge is 2.27. The molecule has 7 nitrogen and oxygen atoms in total. The maximum atomic E-state index is 11.6. The predicted molar refractivity (Wildman–Crippen MR) is 77.1 cm³/mol. The van der Waals surface area contributed by atoms with Gasteiger partial charge in [-0.25, -0.2) is 9.89 Å². The quantitative estimate of drug-likeness (QED) is 0.847. The van der Waals surface area contributed by atoms with Gasteiger partial charge in [0.05, 0.1) is 0 Å². The minimum atomic E-state index is -0.294. The summed E-state index contributed by atoms with van der Waals surface area (Å²) in [5, 5.41) is 14.3. The van der Waals surface area contributed by atoms with Crippen molar-refractivity contribution in [1.29, 1.82) is 0 Å². The van der Waals surface area contributed by atoms with Gasteiger partial charge in [-0.15, -0.1) is 5.10 Å². The van der Waals surface area contributed by atoms with Gasteiger partial charge in [0.1, 0.15) is 5.82 Å². The van der Waals surface area contributed by atoms with Gasteiger partial charge in [-0.2, -0.15) is 9.61 Å². The van der Waals surface area contributed by atoms with E-state index in [0.717, 1.165) is 31.7 Å². The van der Waals surface area contributed by atoms with Crippen LogP contribution in [0.2, 0.25) is 0 Å². The maximum absolute atomic E-state index is 11.6. The summed E-state index contributed by atoms with van der Waals surface area (Å²) in [6, 6.07) is 4.65. The van der Waals surface area contributed by atoms with Crippen LogP contribution >= 0.6 is 0 Å². The summed E-state index contributed by atoms with van der Waals surface area (Å²) in [6.45, 7) is 6.22. The summed E-state index contributed by atoms with van der Waals surface area (Å²) >= 11 is 0. The van der Waals surface area contributed by atoms with Crippen molar-refractivity contribution in [1.82, 2.24) is 25.1 Å². The number of H-pyrrole nitrogens is 1. The lowest BCUT2D eigenvalue weighted by molar-refractivity contribution is 0.376. The van der Waals surface area contributed by atoms with Crippen LogP contribution in [0.15, 0.2) is 16.9 Å².